The van der Waals surface area contributed by atoms with Gasteiger partial charge in [0, 0.05) is 0 Å². The molecule has 35 heavy (non-hydrogen) atoms. The first-order valence-corrected chi connectivity index (χ1v) is 15.0. The smallest absolute Gasteiger partial charge is 0.119 e. The van der Waals surface area contributed by atoms with Crippen LogP contribution in [0.5, 0.6) is 5.75 Å². The molecule has 0 unspecified atom stereocenters. The number of rotatable bonds is 16. The average molecular weight is 477 g/mol. The molecule has 1 aliphatic carbocycles. The molecular weight excluding hydrogens is 424 g/mol. The lowest BCUT2D eigenvalue weighted by Crippen LogP contribution is -2.14. The molecule has 3 rings (SSSR count). The second-order valence-corrected chi connectivity index (χ2v) is 11.5. The number of hydrogen-bond acceptors (Lipinski definition) is 1. The molecule has 0 amide bonds. The van der Waals surface area contributed by atoms with Crippen LogP contribution >= 0.6 is 0 Å². The van der Waals surface area contributed by atoms with Gasteiger partial charge in [0.2, 0.25) is 0 Å². The Morgan fingerprint density at radius 3 is 1.71 bits per heavy atom. The molecule has 1 nitrogen and oxygen atoms in total. The Hall–Kier alpha value is -1.76. The summed E-state index contributed by atoms with van der Waals surface area (Å²) in [6.45, 7) is 7.85. The lowest BCUT2D eigenvalue weighted by Gasteiger charge is -2.29. The maximum Gasteiger partial charge on any atom is 0.119 e. The maximum atomic E-state index is 6.00. The largest absolute Gasteiger partial charge is 0.494 e. The van der Waals surface area contributed by atoms with Gasteiger partial charge in [-0.2, -0.15) is 0 Å². The van der Waals surface area contributed by atoms with E-state index in [0.717, 1.165) is 30.1 Å². The van der Waals surface area contributed by atoms with Gasteiger partial charge in [-0.3, -0.25) is 0 Å². The van der Waals surface area contributed by atoms with Gasteiger partial charge in [-0.05, 0) is 85.1 Å². The van der Waals surface area contributed by atoms with Crippen LogP contribution in [0, 0.1) is 11.8 Å². The molecule has 1 saturated carbocycles. The van der Waals surface area contributed by atoms with Gasteiger partial charge >= 0.3 is 0 Å². The molecule has 0 radical (unpaired) electrons. The molecule has 1 fully saturated rings. The normalized spacial score (nSPS) is 18.2. The third-order valence-electron chi connectivity index (χ3n) is 7.99. The summed E-state index contributed by atoms with van der Waals surface area (Å²) in [7, 11) is 0. The van der Waals surface area contributed by atoms with Crippen LogP contribution in [0.1, 0.15) is 129 Å². The molecule has 0 spiro atoms. The quantitative estimate of drug-likeness (QED) is 0.219. The van der Waals surface area contributed by atoms with E-state index in [1.165, 1.54) is 113 Å². The van der Waals surface area contributed by atoms with Gasteiger partial charge in [0.1, 0.15) is 5.75 Å². The Labute approximate surface area is 217 Å². The molecule has 1 heteroatoms. The van der Waals surface area contributed by atoms with Gasteiger partial charge in [0.15, 0.2) is 0 Å². The predicted molar refractivity (Wildman–Crippen MR) is 153 cm³/mol. The van der Waals surface area contributed by atoms with Gasteiger partial charge in [-0.1, -0.05) is 115 Å². The number of hydrogen-bond donors (Lipinski definition) is 0. The summed E-state index contributed by atoms with van der Waals surface area (Å²) < 4.78 is 6.00. The molecule has 194 valence electrons. The van der Waals surface area contributed by atoms with Crippen molar-refractivity contribution in [1.29, 1.82) is 0 Å². The summed E-state index contributed by atoms with van der Waals surface area (Å²) in [6.07, 6.45) is 20.6. The highest BCUT2D eigenvalue weighted by molar-refractivity contribution is 5.64. The van der Waals surface area contributed by atoms with Crippen LogP contribution < -0.4 is 4.74 Å². The molecule has 0 aliphatic heterocycles. The second kappa shape index (κ2) is 16.1. The van der Waals surface area contributed by atoms with E-state index >= 15 is 0 Å². The number of benzene rings is 2. The van der Waals surface area contributed by atoms with Crippen molar-refractivity contribution >= 4 is 0 Å². The summed E-state index contributed by atoms with van der Waals surface area (Å²) in [5, 5.41) is 0. The third-order valence-corrected chi connectivity index (χ3v) is 7.99. The van der Waals surface area contributed by atoms with Gasteiger partial charge in [0.05, 0.1) is 6.61 Å². The lowest BCUT2D eigenvalue weighted by molar-refractivity contribution is 0.283. The summed E-state index contributed by atoms with van der Waals surface area (Å²) in [5.74, 6) is 3.55. The first-order valence-electron chi connectivity index (χ1n) is 15.0. The van der Waals surface area contributed by atoms with Crippen LogP contribution in [0.4, 0.5) is 0 Å². The zero-order valence-corrected chi connectivity index (χ0v) is 23.1. The van der Waals surface area contributed by atoms with Crippen molar-refractivity contribution < 1.29 is 4.74 Å². The minimum absolute atomic E-state index is 0.758. The van der Waals surface area contributed by atoms with Gasteiger partial charge in [-0.25, -0.2) is 0 Å². The van der Waals surface area contributed by atoms with E-state index in [9.17, 15) is 0 Å². The van der Waals surface area contributed by atoms with Crippen molar-refractivity contribution in [2.75, 3.05) is 6.61 Å². The molecule has 2 aromatic carbocycles. The second-order valence-electron chi connectivity index (χ2n) is 11.5. The Morgan fingerprint density at radius 1 is 0.657 bits per heavy atom. The summed E-state index contributed by atoms with van der Waals surface area (Å²) in [5.41, 5.74) is 4.13. The fraction of sp³-hybridized carbons (Fsp3) is 0.647. The molecule has 0 atom stereocenters. The van der Waals surface area contributed by atoms with Crippen LogP contribution in [0.3, 0.4) is 0 Å². The van der Waals surface area contributed by atoms with Crippen molar-refractivity contribution in [2.24, 2.45) is 11.8 Å². The Balaban J connectivity index is 1.32. The van der Waals surface area contributed by atoms with E-state index in [2.05, 4.69) is 69.3 Å². The Kier molecular flexibility index (Phi) is 12.8. The number of unbranched alkanes of at least 4 members (excludes halogenated alkanes) is 9. The van der Waals surface area contributed by atoms with E-state index in [4.69, 9.17) is 4.74 Å². The third kappa shape index (κ3) is 10.4. The van der Waals surface area contributed by atoms with Crippen molar-refractivity contribution in [3.8, 4) is 16.9 Å². The van der Waals surface area contributed by atoms with Gasteiger partial charge in [-0.15, -0.1) is 0 Å². The number of ether oxygens (including phenoxy) is 1. The van der Waals surface area contributed by atoms with Gasteiger partial charge in [0.25, 0.3) is 0 Å². The van der Waals surface area contributed by atoms with E-state index < -0.39 is 0 Å². The zero-order chi connectivity index (χ0) is 24.7. The fourth-order valence-electron chi connectivity index (χ4n) is 5.87. The first-order chi connectivity index (χ1) is 17.2. The monoisotopic (exact) mass is 476 g/mol. The van der Waals surface area contributed by atoms with Crippen LogP contribution in [0.2, 0.25) is 0 Å². The van der Waals surface area contributed by atoms with Crippen LogP contribution in [0.25, 0.3) is 11.1 Å². The molecule has 2 aromatic rings. The molecule has 1 aliphatic rings. The molecule has 0 saturated heterocycles. The van der Waals surface area contributed by atoms with E-state index in [-0.39, 0.29) is 0 Å². The highest BCUT2D eigenvalue weighted by Gasteiger charge is 2.22. The van der Waals surface area contributed by atoms with Crippen molar-refractivity contribution in [1.82, 2.24) is 0 Å². The maximum absolute atomic E-state index is 6.00. The minimum atomic E-state index is 0.758. The lowest BCUT2D eigenvalue weighted by atomic mass is 9.76. The predicted octanol–water partition coefficient (Wildman–Crippen LogP) is 11.0. The van der Waals surface area contributed by atoms with E-state index in [1.54, 1.807) is 0 Å². The highest BCUT2D eigenvalue weighted by atomic mass is 16.5. The first kappa shape index (κ1) is 27.8. The minimum Gasteiger partial charge on any atom is -0.494 e. The zero-order valence-electron chi connectivity index (χ0n) is 23.1. The van der Waals surface area contributed by atoms with E-state index in [0.29, 0.717) is 0 Å². The van der Waals surface area contributed by atoms with Crippen molar-refractivity contribution in [2.45, 2.75) is 123 Å². The Bertz CT molecular complexity index is 780. The summed E-state index contributed by atoms with van der Waals surface area (Å²) >= 11 is 0. The molecule has 0 heterocycles. The van der Waals surface area contributed by atoms with E-state index in [1.807, 2.05) is 0 Å². The Morgan fingerprint density at radius 2 is 1.17 bits per heavy atom. The van der Waals surface area contributed by atoms with Crippen molar-refractivity contribution in [3.63, 3.8) is 0 Å². The summed E-state index contributed by atoms with van der Waals surface area (Å²) in [4.78, 5) is 0. The highest BCUT2D eigenvalue weighted by Crippen LogP contribution is 2.38. The molecule has 0 N–H and O–H groups in total. The summed E-state index contributed by atoms with van der Waals surface area (Å²) in [6, 6.07) is 18.1. The molecule has 0 bridgehead atoms. The van der Waals surface area contributed by atoms with Crippen molar-refractivity contribution in [3.05, 3.63) is 54.1 Å². The average Bonchev–Trinajstić information content (AvgIpc) is 2.88. The van der Waals surface area contributed by atoms with Gasteiger partial charge < -0.3 is 4.74 Å². The SMILES string of the molecule is CCCCCCCCCCCCOc1ccc(-c2ccc(C3CCC(CC(C)C)CC3)cc2)cc1. The molecule has 0 aromatic heterocycles. The van der Waals surface area contributed by atoms with Crippen LogP contribution in [0.15, 0.2) is 48.5 Å². The standard InChI is InChI=1S/C34H52O/c1-4-5-6-7-8-9-10-11-12-13-26-35-34-24-22-33(23-25-34)32-20-18-31(19-21-32)30-16-14-29(15-17-30)27-28(2)3/h18-25,28-30H,4-17,26-27H2,1-3H3. The molecular formula is C34H52O. The topological polar surface area (TPSA) is 9.23 Å². The fourth-order valence-corrected chi connectivity index (χ4v) is 5.87. The van der Waals surface area contributed by atoms with Crippen LogP contribution in [-0.4, -0.2) is 6.61 Å². The van der Waals surface area contributed by atoms with Crippen LogP contribution in [-0.2, 0) is 0 Å².